The molecule has 17 heavy (non-hydrogen) atoms. The van der Waals surface area contributed by atoms with E-state index in [4.69, 9.17) is 10.5 Å². The molecule has 0 aliphatic heterocycles. The van der Waals surface area contributed by atoms with Crippen molar-refractivity contribution in [1.29, 1.82) is 0 Å². The zero-order chi connectivity index (χ0) is 13.2. The topological polar surface area (TPSA) is 51.4 Å². The van der Waals surface area contributed by atoms with Gasteiger partial charge in [0.05, 0.1) is 0 Å². The molecule has 0 amide bonds. The van der Waals surface area contributed by atoms with E-state index < -0.39 is 11.6 Å². The first kappa shape index (κ1) is 13.6. The number of nitrogens with two attached hydrogens (primary N) is 1. The lowest BCUT2D eigenvalue weighted by molar-refractivity contribution is 0.108. The fourth-order valence-electron chi connectivity index (χ4n) is 0.938. The van der Waals surface area contributed by atoms with Gasteiger partial charge in [0, 0.05) is 11.6 Å². The molecule has 0 aliphatic rings. The Morgan fingerprint density at radius 1 is 1.35 bits per heavy atom. The molecule has 6 heteroatoms. The summed E-state index contributed by atoms with van der Waals surface area (Å²) in [6, 6.07) is 0.667. The summed E-state index contributed by atoms with van der Waals surface area (Å²) in [5.74, 6) is -2.39. The number of hydrogen-bond acceptors (Lipinski definition) is 4. The predicted octanol–water partition coefficient (Wildman–Crippen LogP) is 1.66. The average molecular weight is 245 g/mol. The number of anilines is 1. The molecule has 0 fully saturated rings. The van der Waals surface area contributed by atoms with Crippen LogP contribution in [0.1, 0.15) is 13.8 Å². The van der Waals surface area contributed by atoms with Crippen LogP contribution >= 0.6 is 0 Å². The Balaban J connectivity index is 2.80. The van der Waals surface area contributed by atoms with Gasteiger partial charge < -0.3 is 15.4 Å². The second-order valence-corrected chi connectivity index (χ2v) is 4.64. The number of likely N-dealkylation sites (N-methyl/N-ethyl adjacent to an activating group) is 1. The van der Waals surface area contributed by atoms with Crippen LogP contribution in [0.3, 0.4) is 0 Å². The molecule has 0 atom stereocenters. The number of nitrogens with zero attached hydrogens (tertiary/aromatic N) is 2. The molecule has 2 N–H and O–H groups in total. The summed E-state index contributed by atoms with van der Waals surface area (Å²) in [5.41, 5.74) is 4.95. The fraction of sp³-hybridized carbons (Fsp3) is 0.545. The smallest absolute Gasteiger partial charge is 0.252 e. The van der Waals surface area contributed by atoms with Gasteiger partial charge in [0.15, 0.2) is 17.5 Å². The molecule has 0 saturated carbocycles. The minimum Gasteiger partial charge on any atom is -0.474 e. The molecule has 4 nitrogen and oxygen atoms in total. The summed E-state index contributed by atoms with van der Waals surface area (Å²) in [5, 5.41) is 0. The standard InChI is InChI=1S/C11H17F2N3O/c1-11(2,16(3)4)6-17-10-8(13)5-7(12)9(14)15-10/h5H,6H2,1-4H3,(H2,14,15). The van der Waals surface area contributed by atoms with Crippen LogP contribution in [0.4, 0.5) is 14.6 Å². The van der Waals surface area contributed by atoms with Crippen LogP contribution in [-0.4, -0.2) is 36.1 Å². The van der Waals surface area contributed by atoms with E-state index in [0.29, 0.717) is 6.07 Å². The number of halogens is 2. The van der Waals surface area contributed by atoms with E-state index in [0.717, 1.165) is 0 Å². The predicted molar refractivity (Wildman–Crippen MR) is 61.8 cm³/mol. The van der Waals surface area contributed by atoms with Crippen LogP contribution < -0.4 is 10.5 Å². The van der Waals surface area contributed by atoms with Crippen molar-refractivity contribution >= 4 is 5.82 Å². The molecular formula is C11H17F2N3O. The molecule has 1 heterocycles. The van der Waals surface area contributed by atoms with E-state index in [1.165, 1.54) is 0 Å². The molecule has 1 rings (SSSR count). The van der Waals surface area contributed by atoms with Gasteiger partial charge >= 0.3 is 0 Å². The lowest BCUT2D eigenvalue weighted by Gasteiger charge is -2.31. The summed E-state index contributed by atoms with van der Waals surface area (Å²) in [4.78, 5) is 5.45. The Kier molecular flexibility index (Phi) is 3.87. The third kappa shape index (κ3) is 3.26. The summed E-state index contributed by atoms with van der Waals surface area (Å²) in [7, 11) is 3.76. The average Bonchev–Trinajstić information content (AvgIpc) is 2.21. The zero-order valence-corrected chi connectivity index (χ0v) is 10.4. The number of nitrogen functional groups attached to an aromatic ring is 1. The summed E-state index contributed by atoms with van der Waals surface area (Å²) >= 11 is 0. The van der Waals surface area contributed by atoms with Crippen LogP contribution in [0.15, 0.2) is 6.07 Å². The molecule has 1 aromatic heterocycles. The van der Waals surface area contributed by atoms with E-state index in [1.54, 1.807) is 0 Å². The van der Waals surface area contributed by atoms with Crippen LogP contribution in [0.25, 0.3) is 0 Å². The monoisotopic (exact) mass is 245 g/mol. The lowest BCUT2D eigenvalue weighted by Crippen LogP contribution is -2.43. The molecule has 0 saturated heterocycles. The van der Waals surface area contributed by atoms with Crippen molar-refractivity contribution in [2.24, 2.45) is 0 Å². The van der Waals surface area contributed by atoms with Gasteiger partial charge in [-0.25, -0.2) is 8.78 Å². The Morgan fingerprint density at radius 2 is 1.94 bits per heavy atom. The van der Waals surface area contributed by atoms with E-state index in [-0.39, 0.29) is 23.8 Å². The van der Waals surface area contributed by atoms with Gasteiger partial charge in [0.25, 0.3) is 5.88 Å². The second-order valence-electron chi connectivity index (χ2n) is 4.64. The minimum atomic E-state index is -0.887. The SMILES string of the molecule is CN(C)C(C)(C)COc1nc(N)c(F)cc1F. The quantitative estimate of drug-likeness (QED) is 0.876. The van der Waals surface area contributed by atoms with Gasteiger partial charge in [0.1, 0.15) is 6.61 Å². The largest absolute Gasteiger partial charge is 0.474 e. The van der Waals surface area contributed by atoms with Crippen molar-refractivity contribution < 1.29 is 13.5 Å². The first-order valence-electron chi connectivity index (χ1n) is 5.16. The van der Waals surface area contributed by atoms with Gasteiger partial charge in [-0.2, -0.15) is 4.98 Å². The van der Waals surface area contributed by atoms with Gasteiger partial charge in [-0.05, 0) is 27.9 Å². The molecule has 1 aromatic rings. The Hall–Kier alpha value is -1.43. The second kappa shape index (κ2) is 4.83. The number of rotatable bonds is 4. The maximum atomic E-state index is 13.3. The number of ether oxygens (including phenoxy) is 1. The highest BCUT2D eigenvalue weighted by atomic mass is 19.1. The highest BCUT2D eigenvalue weighted by molar-refractivity contribution is 5.34. The molecular weight excluding hydrogens is 228 g/mol. The van der Waals surface area contributed by atoms with Crippen molar-refractivity contribution in [1.82, 2.24) is 9.88 Å². The summed E-state index contributed by atoms with van der Waals surface area (Å²) in [6.45, 7) is 4.07. The van der Waals surface area contributed by atoms with Crippen LogP contribution in [0, 0.1) is 11.6 Å². The number of aromatic nitrogens is 1. The summed E-state index contributed by atoms with van der Waals surface area (Å²) in [6.07, 6.45) is 0. The molecule has 0 spiro atoms. The van der Waals surface area contributed by atoms with Crippen molar-refractivity contribution in [2.45, 2.75) is 19.4 Å². The Bertz CT molecular complexity index is 408. The van der Waals surface area contributed by atoms with Gasteiger partial charge in [-0.15, -0.1) is 0 Å². The van der Waals surface area contributed by atoms with Crippen LogP contribution in [0.5, 0.6) is 5.88 Å². The normalized spacial score (nSPS) is 11.9. The molecule has 0 bridgehead atoms. The third-order valence-electron chi connectivity index (χ3n) is 2.70. The molecule has 96 valence electrons. The maximum absolute atomic E-state index is 13.3. The first-order valence-corrected chi connectivity index (χ1v) is 5.16. The molecule has 0 aliphatic carbocycles. The van der Waals surface area contributed by atoms with Crippen molar-refractivity contribution in [3.8, 4) is 5.88 Å². The number of hydrogen-bond donors (Lipinski definition) is 1. The van der Waals surface area contributed by atoms with Gasteiger partial charge in [0.2, 0.25) is 0 Å². The Morgan fingerprint density at radius 3 is 2.47 bits per heavy atom. The van der Waals surface area contributed by atoms with Crippen molar-refractivity contribution in [2.75, 3.05) is 26.4 Å². The van der Waals surface area contributed by atoms with E-state index in [2.05, 4.69) is 4.98 Å². The van der Waals surface area contributed by atoms with Crippen LogP contribution in [-0.2, 0) is 0 Å². The maximum Gasteiger partial charge on any atom is 0.252 e. The molecule has 0 unspecified atom stereocenters. The van der Waals surface area contributed by atoms with Crippen molar-refractivity contribution in [3.63, 3.8) is 0 Å². The zero-order valence-electron chi connectivity index (χ0n) is 10.4. The van der Waals surface area contributed by atoms with E-state index in [1.807, 2.05) is 32.8 Å². The Labute approximate surface area is 99.4 Å². The molecule has 0 radical (unpaired) electrons. The van der Waals surface area contributed by atoms with Crippen molar-refractivity contribution in [3.05, 3.63) is 17.7 Å². The first-order chi connectivity index (χ1) is 7.74. The van der Waals surface area contributed by atoms with E-state index in [9.17, 15) is 8.78 Å². The highest BCUT2D eigenvalue weighted by Crippen LogP contribution is 2.20. The lowest BCUT2D eigenvalue weighted by atomic mass is 10.1. The van der Waals surface area contributed by atoms with Crippen LogP contribution in [0.2, 0.25) is 0 Å². The number of pyridine rings is 1. The third-order valence-corrected chi connectivity index (χ3v) is 2.70. The molecule has 0 aromatic carbocycles. The fourth-order valence-corrected chi connectivity index (χ4v) is 0.938. The van der Waals surface area contributed by atoms with Gasteiger partial charge in [-0.3, -0.25) is 0 Å². The summed E-state index contributed by atoms with van der Waals surface area (Å²) < 4.78 is 31.4. The van der Waals surface area contributed by atoms with Gasteiger partial charge in [-0.1, -0.05) is 0 Å². The minimum absolute atomic E-state index is 0.217. The highest BCUT2D eigenvalue weighted by Gasteiger charge is 2.22. The van der Waals surface area contributed by atoms with E-state index >= 15 is 0 Å².